The molecule has 1 aliphatic carbocycles. The molecule has 1 heterocycles. The van der Waals surface area contributed by atoms with E-state index in [0.29, 0.717) is 23.0 Å². The Hall–Kier alpha value is -0.770. The lowest BCUT2D eigenvalue weighted by Crippen LogP contribution is -2.34. The molecule has 0 spiro atoms. The summed E-state index contributed by atoms with van der Waals surface area (Å²) < 4.78 is 7.96. The summed E-state index contributed by atoms with van der Waals surface area (Å²) in [6, 6.07) is 6.40. The van der Waals surface area contributed by atoms with Crippen molar-refractivity contribution >= 4 is 34.2 Å². The highest BCUT2D eigenvalue weighted by Gasteiger charge is 2.33. The van der Waals surface area contributed by atoms with Crippen LogP contribution in [0.4, 0.5) is 0 Å². The molecule has 3 nitrogen and oxygen atoms in total. The highest BCUT2D eigenvalue weighted by atomic mass is 35.5. The van der Waals surface area contributed by atoms with Gasteiger partial charge < -0.3 is 9.30 Å². The molecule has 1 aliphatic rings. The summed E-state index contributed by atoms with van der Waals surface area (Å²) in [5, 5.41) is 0.706. The van der Waals surface area contributed by atoms with Gasteiger partial charge in [0.2, 0.25) is 0 Å². The minimum atomic E-state index is 0.380. The SMILES string of the molecule is CCOC1CC(n2c(CCCl)nc3c(Cl)cccc32)C1. The van der Waals surface area contributed by atoms with Crippen molar-refractivity contribution in [3.05, 3.63) is 29.0 Å². The molecule has 0 aliphatic heterocycles. The van der Waals surface area contributed by atoms with Crippen LogP contribution in [0.25, 0.3) is 11.0 Å². The van der Waals surface area contributed by atoms with Crippen LogP contribution in [0.1, 0.15) is 31.6 Å². The van der Waals surface area contributed by atoms with Crippen LogP contribution in [0, 0.1) is 0 Å². The predicted octanol–water partition coefficient (Wildman–Crippen LogP) is 4.21. The van der Waals surface area contributed by atoms with Crippen molar-refractivity contribution in [1.29, 1.82) is 0 Å². The third-order valence-electron chi connectivity index (χ3n) is 3.90. The zero-order chi connectivity index (χ0) is 14.1. The maximum Gasteiger partial charge on any atom is 0.111 e. The van der Waals surface area contributed by atoms with Gasteiger partial charge in [0, 0.05) is 24.9 Å². The van der Waals surface area contributed by atoms with E-state index in [4.69, 9.17) is 27.9 Å². The average molecular weight is 313 g/mol. The van der Waals surface area contributed by atoms with Gasteiger partial charge in [-0.15, -0.1) is 11.6 Å². The highest BCUT2D eigenvalue weighted by molar-refractivity contribution is 6.34. The number of rotatable bonds is 5. The molecular formula is C15H18Cl2N2O. The summed E-state index contributed by atoms with van der Waals surface area (Å²) in [5.74, 6) is 1.60. The molecule has 0 radical (unpaired) electrons. The number of imidazole rings is 1. The molecule has 0 saturated heterocycles. The van der Waals surface area contributed by atoms with Crippen molar-refractivity contribution in [2.45, 2.75) is 38.3 Å². The van der Waals surface area contributed by atoms with E-state index in [2.05, 4.69) is 15.6 Å². The van der Waals surface area contributed by atoms with E-state index in [9.17, 15) is 0 Å². The van der Waals surface area contributed by atoms with Gasteiger partial charge in [-0.2, -0.15) is 0 Å². The van der Waals surface area contributed by atoms with Crippen LogP contribution in [0.5, 0.6) is 0 Å². The number of nitrogens with zero attached hydrogens (tertiary/aromatic N) is 2. The Balaban J connectivity index is 1.96. The first-order chi connectivity index (χ1) is 9.74. The smallest absolute Gasteiger partial charge is 0.111 e. The molecule has 0 atom stereocenters. The molecule has 2 aromatic rings. The number of halogens is 2. The fourth-order valence-electron chi connectivity index (χ4n) is 2.92. The monoisotopic (exact) mass is 312 g/mol. The van der Waals surface area contributed by atoms with Gasteiger partial charge in [0.1, 0.15) is 11.3 Å². The lowest BCUT2D eigenvalue weighted by molar-refractivity contribution is -0.0192. The molecule has 0 bridgehead atoms. The van der Waals surface area contributed by atoms with Crippen molar-refractivity contribution in [3.8, 4) is 0 Å². The van der Waals surface area contributed by atoms with Crippen LogP contribution in [0.15, 0.2) is 18.2 Å². The molecule has 0 unspecified atom stereocenters. The third-order valence-corrected chi connectivity index (χ3v) is 4.39. The van der Waals surface area contributed by atoms with Gasteiger partial charge >= 0.3 is 0 Å². The number of hydrogen-bond acceptors (Lipinski definition) is 2. The van der Waals surface area contributed by atoms with Gasteiger partial charge in [-0.05, 0) is 31.9 Å². The van der Waals surface area contributed by atoms with E-state index < -0.39 is 0 Å². The van der Waals surface area contributed by atoms with E-state index in [1.165, 1.54) is 0 Å². The molecule has 5 heteroatoms. The number of aromatic nitrogens is 2. The van der Waals surface area contributed by atoms with Gasteiger partial charge in [-0.3, -0.25) is 0 Å². The quantitative estimate of drug-likeness (QED) is 0.773. The number of hydrogen-bond donors (Lipinski definition) is 0. The molecule has 3 rings (SSSR count). The van der Waals surface area contributed by atoms with Crippen molar-refractivity contribution < 1.29 is 4.74 Å². The summed E-state index contributed by atoms with van der Waals surface area (Å²) in [5.41, 5.74) is 1.99. The lowest BCUT2D eigenvalue weighted by Gasteiger charge is -2.37. The number of ether oxygens (including phenoxy) is 1. The molecule has 0 N–H and O–H groups in total. The number of para-hydroxylation sites is 1. The Bertz CT molecular complexity index is 605. The lowest BCUT2D eigenvalue weighted by atomic mass is 9.88. The first-order valence-electron chi connectivity index (χ1n) is 7.07. The van der Waals surface area contributed by atoms with Crippen LogP contribution in [0.2, 0.25) is 5.02 Å². The average Bonchev–Trinajstić information content (AvgIpc) is 2.74. The molecule has 1 saturated carbocycles. The van der Waals surface area contributed by atoms with Crippen LogP contribution in [-0.2, 0) is 11.2 Å². The second kappa shape index (κ2) is 5.92. The second-order valence-corrected chi connectivity index (χ2v) is 5.93. The van der Waals surface area contributed by atoms with Crippen LogP contribution in [-0.4, -0.2) is 28.1 Å². The Morgan fingerprint density at radius 2 is 2.20 bits per heavy atom. The van der Waals surface area contributed by atoms with Gasteiger partial charge in [0.15, 0.2) is 0 Å². The van der Waals surface area contributed by atoms with E-state index >= 15 is 0 Å². The fraction of sp³-hybridized carbons (Fsp3) is 0.533. The molecule has 0 amide bonds. The summed E-state index contributed by atoms with van der Waals surface area (Å²) in [6.07, 6.45) is 3.23. The largest absolute Gasteiger partial charge is 0.378 e. The Morgan fingerprint density at radius 1 is 1.40 bits per heavy atom. The minimum Gasteiger partial charge on any atom is -0.378 e. The zero-order valence-electron chi connectivity index (χ0n) is 11.5. The zero-order valence-corrected chi connectivity index (χ0v) is 13.0. The summed E-state index contributed by atoms with van der Waals surface area (Å²) in [4.78, 5) is 4.68. The number of alkyl halides is 1. The van der Waals surface area contributed by atoms with Gasteiger partial charge in [0.25, 0.3) is 0 Å². The predicted molar refractivity (Wildman–Crippen MR) is 82.9 cm³/mol. The maximum atomic E-state index is 6.25. The second-order valence-electron chi connectivity index (χ2n) is 5.15. The van der Waals surface area contributed by atoms with Gasteiger partial charge in [0.05, 0.1) is 16.6 Å². The number of fused-ring (bicyclic) bond motifs is 1. The Kier molecular flexibility index (Phi) is 4.20. The van der Waals surface area contributed by atoms with E-state index in [1.807, 2.05) is 19.1 Å². The summed E-state index contributed by atoms with van der Waals surface area (Å²) >= 11 is 12.2. The molecule has 108 valence electrons. The number of benzene rings is 1. The summed E-state index contributed by atoms with van der Waals surface area (Å²) in [6.45, 7) is 2.82. The fourth-order valence-corrected chi connectivity index (χ4v) is 3.30. The van der Waals surface area contributed by atoms with Crippen molar-refractivity contribution in [2.24, 2.45) is 0 Å². The molecular weight excluding hydrogens is 295 g/mol. The van der Waals surface area contributed by atoms with Gasteiger partial charge in [-0.1, -0.05) is 17.7 Å². The Labute approximate surface area is 128 Å². The summed E-state index contributed by atoms with van der Waals surface area (Å²) in [7, 11) is 0. The van der Waals surface area contributed by atoms with Crippen LogP contribution in [0.3, 0.4) is 0 Å². The molecule has 20 heavy (non-hydrogen) atoms. The number of aryl methyl sites for hydroxylation is 1. The molecule has 1 aromatic carbocycles. The minimum absolute atomic E-state index is 0.380. The van der Waals surface area contributed by atoms with Crippen LogP contribution >= 0.6 is 23.2 Å². The van der Waals surface area contributed by atoms with E-state index in [1.54, 1.807) is 0 Å². The first kappa shape index (κ1) is 14.2. The standard InChI is InChI=1S/C15H18Cl2N2O/c1-2-20-11-8-10(9-11)19-13-5-3-4-12(17)15(13)18-14(19)6-7-16/h3-5,10-11H,2,6-9H2,1H3. The topological polar surface area (TPSA) is 27.1 Å². The Morgan fingerprint density at radius 3 is 2.90 bits per heavy atom. The third kappa shape index (κ3) is 2.43. The molecule has 1 fully saturated rings. The van der Waals surface area contributed by atoms with Gasteiger partial charge in [-0.25, -0.2) is 4.98 Å². The van der Waals surface area contributed by atoms with Crippen LogP contribution < -0.4 is 0 Å². The van der Waals surface area contributed by atoms with E-state index in [0.717, 1.165) is 42.7 Å². The van der Waals surface area contributed by atoms with E-state index in [-0.39, 0.29) is 0 Å². The normalized spacial score (nSPS) is 22.1. The van der Waals surface area contributed by atoms with Crippen molar-refractivity contribution in [3.63, 3.8) is 0 Å². The van der Waals surface area contributed by atoms with Crippen molar-refractivity contribution in [2.75, 3.05) is 12.5 Å². The van der Waals surface area contributed by atoms with Crippen molar-refractivity contribution in [1.82, 2.24) is 9.55 Å². The molecule has 1 aromatic heterocycles. The maximum absolute atomic E-state index is 6.25. The first-order valence-corrected chi connectivity index (χ1v) is 7.98. The highest BCUT2D eigenvalue weighted by Crippen LogP contribution is 2.38.